The number of nitrogens with one attached hydrogen (secondary N) is 4. The maximum atomic E-state index is 12.6. The van der Waals surface area contributed by atoms with E-state index in [0.29, 0.717) is 22.2 Å². The lowest BCUT2D eigenvalue weighted by atomic mass is 10.2. The maximum Gasteiger partial charge on any atom is 0.319 e. The summed E-state index contributed by atoms with van der Waals surface area (Å²) in [5, 5.41) is 16.6. The van der Waals surface area contributed by atoms with Crippen LogP contribution in [0.5, 0.6) is 0 Å². The van der Waals surface area contributed by atoms with Gasteiger partial charge in [0.15, 0.2) is 0 Å². The van der Waals surface area contributed by atoms with Gasteiger partial charge in [-0.3, -0.25) is 10.2 Å². The Balaban J connectivity index is 1.58. The van der Waals surface area contributed by atoms with Crippen LogP contribution in [-0.4, -0.2) is 44.1 Å². The maximum absolute atomic E-state index is 12.6. The highest BCUT2D eigenvalue weighted by atomic mass is 35.5. The fraction of sp³-hybridized carbons (Fsp3) is 0.286. The Kier molecular flexibility index (Phi) is 7.26. The van der Waals surface area contributed by atoms with Crippen molar-refractivity contribution in [2.45, 2.75) is 18.9 Å². The third-order valence-electron chi connectivity index (χ3n) is 4.62. The Morgan fingerprint density at radius 2 is 1.73 bits per heavy atom. The average molecular weight is 430 g/mol. The number of urea groups is 1. The molecule has 4 N–H and O–H groups in total. The summed E-state index contributed by atoms with van der Waals surface area (Å²) in [5.74, 6) is 0.201. The van der Waals surface area contributed by atoms with E-state index >= 15 is 0 Å². The molecule has 1 atom stereocenters. The SMILES string of the molecule is COCC(NC(=O)Nc1ccc(Cl)cc1)C(=O)Nc1ccc(N2CCCC2=N)cc1. The van der Waals surface area contributed by atoms with Gasteiger partial charge in [0.05, 0.1) is 6.61 Å². The summed E-state index contributed by atoms with van der Waals surface area (Å²) < 4.78 is 5.08. The standard InChI is InChI=1S/C21H24ClN5O3/c1-30-13-18(26-21(29)25-16-6-4-14(22)5-7-16)20(28)24-15-8-10-17(11-9-15)27-12-2-3-19(27)23/h4-11,18,23H,2-3,12-13H2,1H3,(H,24,28)(H2,25,26,29). The summed E-state index contributed by atoms with van der Waals surface area (Å²) in [6.45, 7) is 0.843. The number of hydrogen-bond acceptors (Lipinski definition) is 4. The van der Waals surface area contributed by atoms with Crippen molar-refractivity contribution in [2.75, 3.05) is 35.8 Å². The summed E-state index contributed by atoms with van der Waals surface area (Å²) in [5.41, 5.74) is 2.07. The molecule has 9 heteroatoms. The second-order valence-electron chi connectivity index (χ2n) is 6.85. The van der Waals surface area contributed by atoms with Crippen LogP contribution in [0.4, 0.5) is 21.9 Å². The van der Waals surface area contributed by atoms with E-state index in [2.05, 4.69) is 16.0 Å². The van der Waals surface area contributed by atoms with Gasteiger partial charge in [0.1, 0.15) is 11.9 Å². The van der Waals surface area contributed by atoms with Gasteiger partial charge in [-0.1, -0.05) is 11.6 Å². The van der Waals surface area contributed by atoms with Crippen molar-refractivity contribution >= 4 is 46.4 Å². The number of amidine groups is 1. The zero-order valence-corrected chi connectivity index (χ0v) is 17.3. The predicted molar refractivity (Wildman–Crippen MR) is 119 cm³/mol. The first-order valence-corrected chi connectivity index (χ1v) is 9.92. The van der Waals surface area contributed by atoms with Crippen LogP contribution in [0.1, 0.15) is 12.8 Å². The van der Waals surface area contributed by atoms with Crippen molar-refractivity contribution in [1.82, 2.24) is 5.32 Å². The van der Waals surface area contributed by atoms with Crippen LogP contribution < -0.4 is 20.9 Å². The van der Waals surface area contributed by atoms with Gasteiger partial charge in [0.2, 0.25) is 5.91 Å². The minimum atomic E-state index is -0.881. The van der Waals surface area contributed by atoms with E-state index in [0.717, 1.165) is 25.1 Å². The van der Waals surface area contributed by atoms with E-state index < -0.39 is 18.0 Å². The smallest absolute Gasteiger partial charge is 0.319 e. The summed E-state index contributed by atoms with van der Waals surface area (Å²) in [6.07, 6.45) is 1.75. The molecule has 1 unspecified atom stereocenters. The molecule has 2 aromatic rings. The number of amides is 3. The largest absolute Gasteiger partial charge is 0.382 e. The number of benzene rings is 2. The number of halogens is 1. The van der Waals surface area contributed by atoms with Gasteiger partial charge in [0.25, 0.3) is 0 Å². The van der Waals surface area contributed by atoms with Crippen LogP contribution in [0.3, 0.4) is 0 Å². The zero-order valence-electron chi connectivity index (χ0n) is 16.6. The van der Waals surface area contributed by atoms with E-state index in [9.17, 15) is 9.59 Å². The van der Waals surface area contributed by atoms with Crippen molar-refractivity contribution in [1.29, 1.82) is 5.41 Å². The van der Waals surface area contributed by atoms with Gasteiger partial charge in [-0.05, 0) is 55.0 Å². The van der Waals surface area contributed by atoms with Crippen molar-refractivity contribution < 1.29 is 14.3 Å². The monoisotopic (exact) mass is 429 g/mol. The van der Waals surface area contributed by atoms with E-state index in [4.69, 9.17) is 21.7 Å². The van der Waals surface area contributed by atoms with Gasteiger partial charge in [-0.15, -0.1) is 0 Å². The number of hydrogen-bond donors (Lipinski definition) is 4. The van der Waals surface area contributed by atoms with E-state index in [1.807, 2.05) is 17.0 Å². The van der Waals surface area contributed by atoms with Crippen molar-refractivity contribution in [2.24, 2.45) is 0 Å². The third-order valence-corrected chi connectivity index (χ3v) is 4.88. The van der Waals surface area contributed by atoms with Gasteiger partial charge in [-0.2, -0.15) is 0 Å². The Morgan fingerprint density at radius 3 is 2.33 bits per heavy atom. The lowest BCUT2D eigenvalue weighted by Crippen LogP contribution is -2.48. The van der Waals surface area contributed by atoms with Crippen LogP contribution in [0.2, 0.25) is 5.02 Å². The summed E-state index contributed by atoms with van der Waals surface area (Å²) in [4.78, 5) is 26.8. The lowest BCUT2D eigenvalue weighted by Gasteiger charge is -2.20. The number of ether oxygens (including phenoxy) is 1. The van der Waals surface area contributed by atoms with Crippen LogP contribution >= 0.6 is 11.6 Å². The molecule has 1 fully saturated rings. The van der Waals surface area contributed by atoms with Crippen molar-refractivity contribution in [3.05, 3.63) is 53.6 Å². The van der Waals surface area contributed by atoms with E-state index in [-0.39, 0.29) is 6.61 Å². The number of carbonyl (C=O) groups excluding carboxylic acids is 2. The molecule has 1 aliphatic rings. The molecule has 30 heavy (non-hydrogen) atoms. The Bertz CT molecular complexity index is 902. The third kappa shape index (κ3) is 5.71. The second kappa shape index (κ2) is 10.1. The van der Waals surface area contributed by atoms with Crippen molar-refractivity contribution in [3.8, 4) is 0 Å². The van der Waals surface area contributed by atoms with Crippen LogP contribution in [0.15, 0.2) is 48.5 Å². The number of methoxy groups -OCH3 is 1. The molecular weight excluding hydrogens is 406 g/mol. The molecule has 0 radical (unpaired) electrons. The number of rotatable bonds is 7. The first kappa shape index (κ1) is 21.6. The fourth-order valence-electron chi connectivity index (χ4n) is 3.12. The molecule has 8 nitrogen and oxygen atoms in total. The normalized spacial score (nSPS) is 14.3. The number of nitrogens with zero attached hydrogens (tertiary/aromatic N) is 1. The van der Waals surface area contributed by atoms with Gasteiger partial charge >= 0.3 is 6.03 Å². The highest BCUT2D eigenvalue weighted by molar-refractivity contribution is 6.30. The number of carbonyl (C=O) groups is 2. The van der Waals surface area contributed by atoms with Gasteiger partial charge in [0, 0.05) is 42.2 Å². The molecule has 158 valence electrons. The average Bonchev–Trinajstić information content (AvgIpc) is 3.16. The lowest BCUT2D eigenvalue weighted by molar-refractivity contribution is -0.119. The summed E-state index contributed by atoms with van der Waals surface area (Å²) in [6, 6.07) is 12.5. The van der Waals surface area contributed by atoms with Crippen LogP contribution in [0.25, 0.3) is 0 Å². The molecule has 0 bridgehead atoms. The van der Waals surface area contributed by atoms with Crippen LogP contribution in [0, 0.1) is 5.41 Å². The molecule has 1 saturated heterocycles. The Labute approximate surface area is 180 Å². The molecular formula is C21H24ClN5O3. The topological polar surface area (TPSA) is 107 Å². The summed E-state index contributed by atoms with van der Waals surface area (Å²) in [7, 11) is 1.46. The minimum absolute atomic E-state index is 0.0168. The van der Waals surface area contributed by atoms with Crippen LogP contribution in [-0.2, 0) is 9.53 Å². The quantitative estimate of drug-likeness (QED) is 0.538. The van der Waals surface area contributed by atoms with E-state index in [1.54, 1.807) is 36.4 Å². The minimum Gasteiger partial charge on any atom is -0.382 e. The molecule has 0 spiro atoms. The zero-order chi connectivity index (χ0) is 21.5. The van der Waals surface area contributed by atoms with E-state index in [1.165, 1.54) is 7.11 Å². The molecule has 0 saturated carbocycles. The highest BCUT2D eigenvalue weighted by Gasteiger charge is 2.22. The second-order valence-corrected chi connectivity index (χ2v) is 7.29. The molecule has 0 aromatic heterocycles. The first-order chi connectivity index (χ1) is 14.5. The molecule has 2 aromatic carbocycles. The highest BCUT2D eigenvalue weighted by Crippen LogP contribution is 2.23. The first-order valence-electron chi connectivity index (χ1n) is 9.54. The Morgan fingerprint density at radius 1 is 1.10 bits per heavy atom. The van der Waals surface area contributed by atoms with Gasteiger partial charge in [-0.25, -0.2) is 4.79 Å². The van der Waals surface area contributed by atoms with Crippen molar-refractivity contribution in [3.63, 3.8) is 0 Å². The predicted octanol–water partition coefficient (Wildman–Crippen LogP) is 3.69. The molecule has 3 rings (SSSR count). The molecule has 1 heterocycles. The molecule has 1 aliphatic heterocycles. The summed E-state index contributed by atoms with van der Waals surface area (Å²) >= 11 is 5.84. The number of anilines is 3. The van der Waals surface area contributed by atoms with Gasteiger partial charge < -0.3 is 25.6 Å². The fourth-order valence-corrected chi connectivity index (χ4v) is 3.25. The molecule has 0 aliphatic carbocycles. The molecule has 3 amide bonds. The Hall–Kier alpha value is -3.10.